The first-order valence-corrected chi connectivity index (χ1v) is 13.6. The fourth-order valence-electron chi connectivity index (χ4n) is 5.30. The summed E-state index contributed by atoms with van der Waals surface area (Å²) in [5.41, 5.74) is 5.54. The number of non-ortho nitro benzene ring substituents is 1. The van der Waals surface area contributed by atoms with E-state index in [1.807, 2.05) is 44.2 Å². The molecular weight excluding hydrogens is 522 g/mol. The van der Waals surface area contributed by atoms with Crippen LogP contribution in [-0.4, -0.2) is 16.5 Å². The maximum atomic E-state index is 12.3. The molecule has 6 aromatic rings. The molecule has 7 rings (SSSR count). The van der Waals surface area contributed by atoms with Crippen molar-refractivity contribution in [3.63, 3.8) is 0 Å². The van der Waals surface area contributed by atoms with Gasteiger partial charge in [0.25, 0.3) is 5.69 Å². The molecule has 1 aliphatic carbocycles. The lowest BCUT2D eigenvalue weighted by atomic mass is 9.82. The van der Waals surface area contributed by atoms with Crippen LogP contribution in [0.4, 0.5) is 5.69 Å². The van der Waals surface area contributed by atoms with Gasteiger partial charge in [0, 0.05) is 28.3 Å². The van der Waals surface area contributed by atoms with E-state index >= 15 is 0 Å². The van der Waals surface area contributed by atoms with Crippen LogP contribution in [0, 0.1) is 30.9 Å². The molecule has 5 nitrogen and oxygen atoms in total. The lowest BCUT2D eigenvalue weighted by Gasteiger charge is -2.18. The molecule has 42 heavy (non-hydrogen) atoms. The third kappa shape index (κ3) is 5.45. The first-order chi connectivity index (χ1) is 20.3. The summed E-state index contributed by atoms with van der Waals surface area (Å²) in [5.74, 6) is -0.104. The minimum atomic E-state index is -0.345. The van der Waals surface area contributed by atoms with Gasteiger partial charge in [-0.05, 0) is 59.7 Å². The van der Waals surface area contributed by atoms with E-state index < -0.39 is 0 Å². The van der Waals surface area contributed by atoms with Crippen molar-refractivity contribution in [3.05, 3.63) is 170 Å². The molecule has 0 radical (unpaired) electrons. The molecule has 5 heteroatoms. The van der Waals surface area contributed by atoms with E-state index in [-0.39, 0.29) is 22.2 Å². The van der Waals surface area contributed by atoms with Gasteiger partial charge in [0.1, 0.15) is 0 Å². The van der Waals surface area contributed by atoms with Gasteiger partial charge in [-0.2, -0.15) is 0 Å². The number of carbonyl (C=O) groups is 2. The van der Waals surface area contributed by atoms with E-state index in [1.54, 1.807) is 48.5 Å². The summed E-state index contributed by atoms with van der Waals surface area (Å²) in [6.07, 6.45) is 0. The molecule has 6 aromatic carbocycles. The van der Waals surface area contributed by atoms with Crippen molar-refractivity contribution in [2.75, 3.05) is 0 Å². The highest BCUT2D eigenvalue weighted by atomic mass is 16.6. The van der Waals surface area contributed by atoms with Crippen LogP contribution in [0.2, 0.25) is 0 Å². The van der Waals surface area contributed by atoms with Crippen LogP contribution in [-0.2, 0) is 0 Å². The summed E-state index contributed by atoms with van der Waals surface area (Å²) in [6, 6.07) is 37.9. The van der Waals surface area contributed by atoms with Crippen molar-refractivity contribution in [2.24, 2.45) is 0 Å². The second-order valence-corrected chi connectivity index (χ2v) is 10.2. The van der Waals surface area contributed by atoms with E-state index in [0.29, 0.717) is 27.6 Å². The first kappa shape index (κ1) is 28.1. The van der Waals surface area contributed by atoms with Crippen molar-refractivity contribution in [2.45, 2.75) is 20.8 Å². The fraction of sp³-hybridized carbons (Fsp3) is 0.0811. The zero-order valence-corrected chi connectivity index (χ0v) is 23.6. The Morgan fingerprint density at radius 2 is 0.976 bits per heavy atom. The van der Waals surface area contributed by atoms with Crippen LogP contribution in [0.1, 0.15) is 48.5 Å². The Hall–Kier alpha value is -5.42. The van der Waals surface area contributed by atoms with Gasteiger partial charge in [-0.1, -0.05) is 109 Å². The average molecular weight is 552 g/mol. The maximum Gasteiger partial charge on any atom is 0.277 e. The topological polar surface area (TPSA) is 77.3 Å². The molecule has 0 aromatic heterocycles. The van der Waals surface area contributed by atoms with Gasteiger partial charge >= 0.3 is 0 Å². The molecule has 0 aliphatic heterocycles. The highest BCUT2D eigenvalue weighted by Crippen LogP contribution is 2.29. The number of nitrogens with zero attached hydrogens (tertiary/aromatic N) is 1. The molecule has 0 fully saturated rings. The number of rotatable bonds is 1. The Kier molecular flexibility index (Phi) is 8.02. The summed E-state index contributed by atoms with van der Waals surface area (Å²) < 4.78 is 0. The lowest BCUT2D eigenvalue weighted by Crippen LogP contribution is -2.21. The van der Waals surface area contributed by atoms with Crippen LogP contribution in [0.3, 0.4) is 0 Å². The Balaban J connectivity index is 0.000000129. The Bertz CT molecular complexity index is 1990. The number of nitro benzene ring substituents is 1. The summed E-state index contributed by atoms with van der Waals surface area (Å²) in [6.45, 7) is 5.95. The SMILES string of the molecule is Cc1ccc([N+](=O)[O-])c2ccccc12.Cc1cccc2c1C(=O)c1ccccc1C2=O.Cc1cccc2ccccc12. The summed E-state index contributed by atoms with van der Waals surface area (Å²) in [7, 11) is 0. The van der Waals surface area contributed by atoms with Crippen molar-refractivity contribution in [3.8, 4) is 0 Å². The van der Waals surface area contributed by atoms with Gasteiger partial charge in [-0.3, -0.25) is 19.7 Å². The first-order valence-electron chi connectivity index (χ1n) is 13.6. The predicted octanol–water partition coefficient (Wildman–Crippen LogP) is 8.98. The number of hydrogen-bond donors (Lipinski definition) is 0. The number of carbonyl (C=O) groups excluding carboxylic acids is 2. The average Bonchev–Trinajstić information content (AvgIpc) is 3.01. The van der Waals surface area contributed by atoms with E-state index in [1.165, 1.54) is 16.3 Å². The monoisotopic (exact) mass is 551 g/mol. The standard InChI is InChI=1S/C15H10O2.C11H9NO2.C11H10/c1-9-5-4-8-12-13(9)15(17)11-7-3-2-6-10(11)14(12)16;1-8-6-7-11(12(13)14)10-5-3-2-4-9(8)10;1-9-5-4-7-10-6-2-3-8-11(9)10/h2-8H,1H3;2-7H,1H3;2-8H,1H3. The molecular formula is C37H29NO4. The summed E-state index contributed by atoms with van der Waals surface area (Å²) >= 11 is 0. The van der Waals surface area contributed by atoms with Crippen LogP contribution < -0.4 is 0 Å². The number of benzene rings is 6. The van der Waals surface area contributed by atoms with Crippen LogP contribution in [0.25, 0.3) is 21.5 Å². The molecule has 1 aliphatic rings. The van der Waals surface area contributed by atoms with Gasteiger partial charge in [0.05, 0.1) is 10.3 Å². The Morgan fingerprint density at radius 3 is 1.67 bits per heavy atom. The third-order valence-corrected chi connectivity index (χ3v) is 7.48. The number of nitro groups is 1. The van der Waals surface area contributed by atoms with Crippen LogP contribution in [0.5, 0.6) is 0 Å². The molecule has 0 saturated carbocycles. The van der Waals surface area contributed by atoms with E-state index in [9.17, 15) is 19.7 Å². The molecule has 0 atom stereocenters. The minimum absolute atomic E-state index is 0.0479. The smallest absolute Gasteiger partial charge is 0.277 e. The normalized spacial score (nSPS) is 11.5. The molecule has 0 N–H and O–H groups in total. The van der Waals surface area contributed by atoms with Crippen molar-refractivity contribution >= 4 is 38.8 Å². The molecule has 0 saturated heterocycles. The number of fused-ring (bicyclic) bond motifs is 4. The quantitative estimate of drug-likeness (QED) is 0.151. The largest absolute Gasteiger partial charge is 0.289 e. The van der Waals surface area contributed by atoms with Crippen molar-refractivity contribution in [1.29, 1.82) is 0 Å². The highest BCUT2D eigenvalue weighted by Gasteiger charge is 2.29. The van der Waals surface area contributed by atoms with Gasteiger partial charge < -0.3 is 0 Å². The fourth-order valence-corrected chi connectivity index (χ4v) is 5.30. The van der Waals surface area contributed by atoms with Crippen LogP contribution in [0.15, 0.2) is 121 Å². The summed E-state index contributed by atoms with van der Waals surface area (Å²) in [4.78, 5) is 35.0. The third-order valence-electron chi connectivity index (χ3n) is 7.48. The van der Waals surface area contributed by atoms with Gasteiger partial charge in [-0.25, -0.2) is 0 Å². The second kappa shape index (κ2) is 12.0. The Labute approximate surface area is 244 Å². The zero-order chi connectivity index (χ0) is 29.8. The van der Waals surface area contributed by atoms with Crippen molar-refractivity contribution < 1.29 is 14.5 Å². The van der Waals surface area contributed by atoms with Gasteiger partial charge in [0.2, 0.25) is 0 Å². The van der Waals surface area contributed by atoms with Crippen molar-refractivity contribution in [1.82, 2.24) is 0 Å². The minimum Gasteiger partial charge on any atom is -0.289 e. The van der Waals surface area contributed by atoms with E-state index in [4.69, 9.17) is 0 Å². The van der Waals surface area contributed by atoms with E-state index in [2.05, 4.69) is 49.4 Å². The molecule has 0 bridgehead atoms. The second-order valence-electron chi connectivity index (χ2n) is 10.2. The number of hydrogen-bond acceptors (Lipinski definition) is 4. The molecule has 206 valence electrons. The molecule has 0 heterocycles. The predicted molar refractivity (Wildman–Crippen MR) is 169 cm³/mol. The molecule has 0 amide bonds. The highest BCUT2D eigenvalue weighted by molar-refractivity contribution is 6.28. The number of aryl methyl sites for hydroxylation is 3. The van der Waals surface area contributed by atoms with Crippen LogP contribution >= 0.6 is 0 Å². The van der Waals surface area contributed by atoms with Gasteiger partial charge in [0.15, 0.2) is 11.6 Å². The summed E-state index contributed by atoms with van der Waals surface area (Å²) in [5, 5.41) is 15.1. The lowest BCUT2D eigenvalue weighted by molar-refractivity contribution is -0.383. The zero-order valence-electron chi connectivity index (χ0n) is 23.6. The Morgan fingerprint density at radius 1 is 0.476 bits per heavy atom. The van der Waals surface area contributed by atoms with E-state index in [0.717, 1.165) is 16.5 Å². The molecule has 0 spiro atoms. The maximum absolute atomic E-state index is 12.3. The molecule has 0 unspecified atom stereocenters. The van der Waals surface area contributed by atoms with Gasteiger partial charge in [-0.15, -0.1) is 0 Å². The number of ketones is 2.